The van der Waals surface area contributed by atoms with E-state index in [0.717, 1.165) is 64.2 Å². The molecule has 0 amide bonds. The van der Waals surface area contributed by atoms with E-state index in [-0.39, 0.29) is 45.0 Å². The number of hydrogen-bond acceptors (Lipinski definition) is 4. The Balaban J connectivity index is 1.32. The Bertz CT molecular complexity index is 1380. The zero-order valence-corrected chi connectivity index (χ0v) is 31.7. The lowest BCUT2D eigenvalue weighted by Crippen LogP contribution is -2.71. The molecule has 1 spiro atoms. The fourth-order valence-corrected chi connectivity index (χ4v) is 15.2. The van der Waals surface area contributed by atoms with Gasteiger partial charge in [0, 0.05) is 17.8 Å². The number of carboxylic acid groups (broad SMARTS) is 1. The number of carboxylic acids is 1. The van der Waals surface area contributed by atoms with E-state index in [2.05, 4.69) is 65.0 Å². The Hall–Kier alpha value is -1.43. The van der Waals surface area contributed by atoms with Crippen molar-refractivity contribution in [3.8, 4) is 0 Å². The number of aliphatic carboxylic acids is 1. The number of aliphatic hydroxyl groups is 2. The minimum atomic E-state index is -1.27. The lowest BCUT2D eigenvalue weighted by molar-refractivity contribution is -0.293. The molecule has 49 heavy (non-hydrogen) atoms. The van der Waals surface area contributed by atoms with Crippen LogP contribution in [0.25, 0.3) is 0 Å². The molecule has 5 heteroatoms. The fourth-order valence-electron chi connectivity index (χ4n) is 15.2. The second-order valence-electron chi connectivity index (χ2n) is 19.6. The topological polar surface area (TPSA) is 87.0 Å². The van der Waals surface area contributed by atoms with Gasteiger partial charge in [-0.25, -0.2) is 0 Å². The zero-order chi connectivity index (χ0) is 35.1. The number of fused-ring (bicyclic) bond motifs is 7. The molecular formula is C44H68O5. The zero-order valence-electron chi connectivity index (χ0n) is 31.7. The lowest BCUT2D eigenvalue weighted by atomic mass is 9.28. The summed E-state index contributed by atoms with van der Waals surface area (Å²) in [6.07, 6.45) is 17.8. The Morgan fingerprint density at radius 3 is 2.29 bits per heavy atom. The van der Waals surface area contributed by atoms with Crippen molar-refractivity contribution in [2.24, 2.45) is 56.2 Å². The Morgan fingerprint density at radius 2 is 1.59 bits per heavy atom. The van der Waals surface area contributed by atoms with Gasteiger partial charge in [-0.05, 0) is 129 Å². The summed E-state index contributed by atoms with van der Waals surface area (Å²) in [7, 11) is 0. The largest absolute Gasteiger partial charge is 0.481 e. The SMILES string of the molecule is CCCCCCC12CCC3(C)C4C(O)CC5(O)OC(Cc6ccccc6)C4(CCC3C1(C)CCC1(C)CCC(C)(C(=O)O)CC12)C5CCC. The summed E-state index contributed by atoms with van der Waals surface area (Å²) >= 11 is 0. The van der Waals surface area contributed by atoms with Crippen LogP contribution in [-0.2, 0) is 16.0 Å². The second kappa shape index (κ2) is 12.3. The van der Waals surface area contributed by atoms with E-state index in [0.29, 0.717) is 18.3 Å². The molecule has 3 N–H and O–H groups in total. The van der Waals surface area contributed by atoms with Gasteiger partial charge in [0.15, 0.2) is 5.79 Å². The maximum atomic E-state index is 12.9. The van der Waals surface area contributed by atoms with Gasteiger partial charge < -0.3 is 20.1 Å². The van der Waals surface area contributed by atoms with Crippen LogP contribution >= 0.6 is 0 Å². The molecule has 1 aromatic carbocycles. The summed E-state index contributed by atoms with van der Waals surface area (Å²) in [5.41, 5.74) is 0.635. The molecule has 1 aliphatic heterocycles. The first kappa shape index (κ1) is 36.0. The molecule has 5 aliphatic carbocycles. The molecular weight excluding hydrogens is 608 g/mol. The van der Waals surface area contributed by atoms with Gasteiger partial charge in [-0.1, -0.05) is 97.1 Å². The number of carbonyl (C=O) groups is 1. The first-order valence-corrected chi connectivity index (χ1v) is 20.5. The van der Waals surface area contributed by atoms with E-state index in [1.54, 1.807) is 0 Å². The van der Waals surface area contributed by atoms with Gasteiger partial charge in [-0.2, -0.15) is 0 Å². The number of rotatable bonds is 10. The van der Waals surface area contributed by atoms with Gasteiger partial charge >= 0.3 is 5.97 Å². The van der Waals surface area contributed by atoms with E-state index >= 15 is 0 Å². The van der Waals surface area contributed by atoms with E-state index < -0.39 is 23.3 Å². The second-order valence-corrected chi connectivity index (χ2v) is 19.6. The van der Waals surface area contributed by atoms with Crippen molar-refractivity contribution in [1.29, 1.82) is 0 Å². The van der Waals surface area contributed by atoms with Crippen LogP contribution in [0.2, 0.25) is 0 Å². The first-order valence-electron chi connectivity index (χ1n) is 20.5. The summed E-state index contributed by atoms with van der Waals surface area (Å²) in [4.78, 5) is 12.9. The van der Waals surface area contributed by atoms with Crippen LogP contribution in [0.5, 0.6) is 0 Å². The number of ether oxygens (including phenoxy) is 1. The number of benzene rings is 1. The molecule has 5 saturated carbocycles. The number of aliphatic hydroxyl groups excluding tert-OH is 1. The molecule has 13 atom stereocenters. The van der Waals surface area contributed by atoms with Crippen molar-refractivity contribution in [3.63, 3.8) is 0 Å². The average Bonchev–Trinajstić information content (AvgIpc) is 3.20. The molecule has 2 bridgehead atoms. The van der Waals surface area contributed by atoms with Crippen LogP contribution in [0.3, 0.4) is 0 Å². The van der Waals surface area contributed by atoms with Crippen molar-refractivity contribution in [3.05, 3.63) is 35.9 Å². The fraction of sp³-hybridized carbons (Fsp3) is 0.841. The summed E-state index contributed by atoms with van der Waals surface area (Å²) in [5, 5.41) is 35.3. The molecule has 0 aromatic heterocycles. The van der Waals surface area contributed by atoms with Crippen LogP contribution in [0.4, 0.5) is 0 Å². The number of unbranched alkanes of at least 4 members (excludes halogenated alkanes) is 3. The van der Waals surface area contributed by atoms with Gasteiger partial charge in [0.25, 0.3) is 0 Å². The molecule has 274 valence electrons. The van der Waals surface area contributed by atoms with Gasteiger partial charge in [0.1, 0.15) is 0 Å². The Kier molecular flexibility index (Phi) is 9.04. The minimum Gasteiger partial charge on any atom is -0.481 e. The standard InChI is InChI=1S/C44H68O5/c1-7-9-10-14-19-42-26-24-40(5)32(41(42,6)25-23-38(3)21-22-39(4,37(46)47)29-34(38)42)18-20-43-33(15-8-2)44(48,28-31(45)36(40)43)49-35(43)27-30-16-12-11-13-17-30/h11-13,16-17,31-36,45,48H,7-10,14-15,18-29H2,1-6H3,(H,46,47). The minimum absolute atomic E-state index is 0.0303. The highest BCUT2D eigenvalue weighted by Crippen LogP contribution is 2.81. The van der Waals surface area contributed by atoms with Crippen molar-refractivity contribution < 1.29 is 24.9 Å². The van der Waals surface area contributed by atoms with Crippen LogP contribution in [0.15, 0.2) is 30.3 Å². The maximum absolute atomic E-state index is 12.9. The summed E-state index contributed by atoms with van der Waals surface area (Å²) in [6, 6.07) is 10.7. The van der Waals surface area contributed by atoms with E-state index in [1.165, 1.54) is 50.5 Å². The third-order valence-corrected chi connectivity index (χ3v) is 17.5. The summed E-state index contributed by atoms with van der Waals surface area (Å²) in [5.74, 6) is -0.904. The third-order valence-electron chi connectivity index (χ3n) is 17.5. The highest BCUT2D eigenvalue weighted by atomic mass is 16.6. The van der Waals surface area contributed by atoms with Crippen LogP contribution in [0.1, 0.15) is 156 Å². The predicted molar refractivity (Wildman–Crippen MR) is 195 cm³/mol. The highest BCUT2D eigenvalue weighted by Gasteiger charge is 2.78. The molecule has 13 unspecified atom stereocenters. The van der Waals surface area contributed by atoms with Crippen LogP contribution in [-0.4, -0.2) is 39.3 Å². The smallest absolute Gasteiger partial charge is 0.309 e. The first-order chi connectivity index (χ1) is 23.2. The lowest BCUT2D eigenvalue weighted by Gasteiger charge is -2.76. The van der Waals surface area contributed by atoms with Crippen LogP contribution in [0, 0.1) is 56.2 Å². The predicted octanol–water partition coefficient (Wildman–Crippen LogP) is 9.96. The molecule has 1 aromatic rings. The van der Waals surface area contributed by atoms with Crippen molar-refractivity contribution >= 4 is 5.97 Å². The summed E-state index contributed by atoms with van der Waals surface area (Å²) < 4.78 is 6.89. The number of hydrogen-bond donors (Lipinski definition) is 3. The Morgan fingerprint density at radius 1 is 0.857 bits per heavy atom. The normalized spacial score (nSPS) is 50.1. The average molecular weight is 677 g/mol. The highest BCUT2D eigenvalue weighted by molar-refractivity contribution is 5.74. The van der Waals surface area contributed by atoms with Crippen molar-refractivity contribution in [2.45, 2.75) is 175 Å². The van der Waals surface area contributed by atoms with E-state index in [1.807, 2.05) is 6.92 Å². The van der Waals surface area contributed by atoms with Gasteiger partial charge in [-0.3, -0.25) is 4.79 Å². The molecule has 0 radical (unpaired) electrons. The van der Waals surface area contributed by atoms with Crippen molar-refractivity contribution in [1.82, 2.24) is 0 Å². The van der Waals surface area contributed by atoms with Gasteiger partial charge in [0.2, 0.25) is 0 Å². The monoisotopic (exact) mass is 677 g/mol. The third kappa shape index (κ3) is 5.03. The molecule has 5 nitrogen and oxygen atoms in total. The molecule has 1 saturated heterocycles. The molecule has 7 rings (SSSR count). The van der Waals surface area contributed by atoms with E-state index in [9.17, 15) is 20.1 Å². The molecule has 6 aliphatic rings. The maximum Gasteiger partial charge on any atom is 0.309 e. The van der Waals surface area contributed by atoms with E-state index in [4.69, 9.17) is 4.74 Å². The van der Waals surface area contributed by atoms with Crippen LogP contribution < -0.4 is 0 Å². The van der Waals surface area contributed by atoms with Gasteiger partial charge in [-0.15, -0.1) is 0 Å². The molecule has 1 heterocycles. The molecule has 6 fully saturated rings. The van der Waals surface area contributed by atoms with Crippen molar-refractivity contribution in [2.75, 3.05) is 0 Å². The van der Waals surface area contributed by atoms with Gasteiger partial charge in [0.05, 0.1) is 17.6 Å². The quantitative estimate of drug-likeness (QED) is 0.215. The summed E-state index contributed by atoms with van der Waals surface area (Å²) in [6.45, 7) is 14.3. The Labute approximate surface area is 297 Å².